The van der Waals surface area contributed by atoms with Crippen LogP contribution in [0.4, 0.5) is 0 Å². The van der Waals surface area contributed by atoms with Crippen LogP contribution < -0.4 is 5.32 Å². The van der Waals surface area contributed by atoms with E-state index in [2.05, 4.69) is 25.2 Å². The number of ether oxygens (including phenoxy) is 2. The van der Waals surface area contributed by atoms with E-state index < -0.39 is 0 Å². The number of hydrogen-bond acceptors (Lipinski definition) is 3. The first-order valence-corrected chi connectivity index (χ1v) is 5.82. The minimum Gasteiger partial charge on any atom is -0.496 e. The third kappa shape index (κ3) is 2.73. The number of likely N-dealkylation sites (N-methyl/N-ethyl adjacent to an activating group) is 1. The van der Waals surface area contributed by atoms with Crippen molar-refractivity contribution in [1.29, 1.82) is 0 Å². The number of rotatable bonds is 6. The smallest absolute Gasteiger partial charge is 0.112 e. The summed E-state index contributed by atoms with van der Waals surface area (Å²) in [6, 6.07) is 0.157. The molecular weight excluding hydrogens is 190 g/mol. The lowest BCUT2D eigenvalue weighted by molar-refractivity contribution is -0.0550. The summed E-state index contributed by atoms with van der Waals surface area (Å²) in [7, 11) is 1.96. The van der Waals surface area contributed by atoms with E-state index >= 15 is 0 Å². The van der Waals surface area contributed by atoms with Gasteiger partial charge in [0.1, 0.15) is 5.76 Å². The minimum absolute atomic E-state index is 0.157. The van der Waals surface area contributed by atoms with Gasteiger partial charge in [-0.05, 0) is 33.4 Å². The first-order valence-electron chi connectivity index (χ1n) is 5.82. The van der Waals surface area contributed by atoms with Crippen molar-refractivity contribution >= 4 is 0 Å². The SMILES string of the molecule is CCOC(C)(CC)C(NC)C1=CCCO1. The van der Waals surface area contributed by atoms with Crippen LogP contribution in [0, 0.1) is 0 Å². The van der Waals surface area contributed by atoms with Crippen LogP contribution in [0.3, 0.4) is 0 Å². The molecule has 2 unspecified atom stereocenters. The van der Waals surface area contributed by atoms with Crippen LogP contribution in [0.5, 0.6) is 0 Å². The van der Waals surface area contributed by atoms with E-state index in [0.717, 1.165) is 31.8 Å². The van der Waals surface area contributed by atoms with E-state index in [-0.39, 0.29) is 11.6 Å². The maximum absolute atomic E-state index is 5.86. The van der Waals surface area contributed by atoms with Crippen LogP contribution in [0.1, 0.15) is 33.6 Å². The molecule has 0 aromatic heterocycles. The fourth-order valence-electron chi connectivity index (χ4n) is 2.11. The molecule has 0 saturated carbocycles. The first-order chi connectivity index (χ1) is 7.18. The molecule has 0 aromatic carbocycles. The molecule has 0 bridgehead atoms. The molecule has 1 aliphatic heterocycles. The van der Waals surface area contributed by atoms with E-state index in [9.17, 15) is 0 Å². The first kappa shape index (κ1) is 12.5. The van der Waals surface area contributed by atoms with Crippen molar-refractivity contribution in [1.82, 2.24) is 5.32 Å². The standard InChI is InChI=1S/C12H23NO2/c1-5-12(3,15-6-2)11(13-4)10-8-7-9-14-10/h8,11,13H,5-7,9H2,1-4H3. The van der Waals surface area contributed by atoms with Gasteiger partial charge in [-0.15, -0.1) is 0 Å². The Morgan fingerprint density at radius 1 is 1.60 bits per heavy atom. The average molecular weight is 213 g/mol. The Bertz CT molecular complexity index is 228. The second-order valence-corrected chi connectivity index (χ2v) is 4.06. The molecule has 0 radical (unpaired) electrons. The molecule has 1 aliphatic rings. The predicted molar refractivity (Wildman–Crippen MR) is 61.8 cm³/mol. The molecular formula is C12H23NO2. The number of hydrogen-bond donors (Lipinski definition) is 1. The van der Waals surface area contributed by atoms with Gasteiger partial charge in [-0.1, -0.05) is 6.92 Å². The maximum atomic E-state index is 5.86. The summed E-state index contributed by atoms with van der Waals surface area (Å²) in [5.41, 5.74) is -0.181. The van der Waals surface area contributed by atoms with Gasteiger partial charge in [-0.2, -0.15) is 0 Å². The molecule has 1 heterocycles. The fourth-order valence-corrected chi connectivity index (χ4v) is 2.11. The Balaban J connectivity index is 2.77. The van der Waals surface area contributed by atoms with Gasteiger partial charge in [-0.3, -0.25) is 0 Å². The molecule has 3 heteroatoms. The lowest BCUT2D eigenvalue weighted by atomic mass is 9.91. The quantitative estimate of drug-likeness (QED) is 0.733. The van der Waals surface area contributed by atoms with Gasteiger partial charge in [0.25, 0.3) is 0 Å². The molecule has 0 aliphatic carbocycles. The second-order valence-electron chi connectivity index (χ2n) is 4.06. The Labute approximate surface area is 92.8 Å². The van der Waals surface area contributed by atoms with E-state index in [0.29, 0.717) is 0 Å². The lowest BCUT2D eigenvalue weighted by Gasteiger charge is -2.36. The lowest BCUT2D eigenvalue weighted by Crippen LogP contribution is -2.50. The van der Waals surface area contributed by atoms with Crippen LogP contribution in [0.25, 0.3) is 0 Å². The summed E-state index contributed by atoms with van der Waals surface area (Å²) < 4.78 is 11.5. The van der Waals surface area contributed by atoms with Gasteiger partial charge in [-0.25, -0.2) is 0 Å². The summed E-state index contributed by atoms with van der Waals surface area (Å²) in [5, 5.41) is 3.30. The summed E-state index contributed by atoms with van der Waals surface area (Å²) in [4.78, 5) is 0. The van der Waals surface area contributed by atoms with Gasteiger partial charge < -0.3 is 14.8 Å². The van der Waals surface area contributed by atoms with Gasteiger partial charge >= 0.3 is 0 Å². The summed E-state index contributed by atoms with van der Waals surface area (Å²) in [6.45, 7) is 7.86. The Morgan fingerprint density at radius 2 is 2.33 bits per heavy atom. The van der Waals surface area contributed by atoms with Crippen LogP contribution >= 0.6 is 0 Å². The highest BCUT2D eigenvalue weighted by atomic mass is 16.5. The Hall–Kier alpha value is -0.540. The van der Waals surface area contributed by atoms with Gasteiger partial charge in [0.15, 0.2) is 0 Å². The molecule has 0 saturated heterocycles. The molecule has 3 nitrogen and oxygen atoms in total. The highest BCUT2D eigenvalue weighted by Crippen LogP contribution is 2.28. The topological polar surface area (TPSA) is 30.5 Å². The monoisotopic (exact) mass is 213 g/mol. The number of nitrogens with one attached hydrogen (secondary N) is 1. The molecule has 88 valence electrons. The van der Waals surface area contributed by atoms with Crippen LogP contribution in [-0.2, 0) is 9.47 Å². The van der Waals surface area contributed by atoms with Crippen molar-refractivity contribution in [3.8, 4) is 0 Å². The largest absolute Gasteiger partial charge is 0.496 e. The van der Waals surface area contributed by atoms with Crippen molar-refractivity contribution in [2.75, 3.05) is 20.3 Å². The van der Waals surface area contributed by atoms with Crippen molar-refractivity contribution in [2.24, 2.45) is 0 Å². The zero-order valence-electron chi connectivity index (χ0n) is 10.3. The van der Waals surface area contributed by atoms with E-state index in [1.54, 1.807) is 0 Å². The minimum atomic E-state index is -0.181. The summed E-state index contributed by atoms with van der Waals surface area (Å²) in [6.07, 6.45) is 4.14. The Kier molecular flexibility index (Phi) is 4.61. The van der Waals surface area contributed by atoms with Crippen LogP contribution in [-0.4, -0.2) is 31.9 Å². The molecule has 0 fully saturated rings. The normalized spacial score (nSPS) is 21.7. The van der Waals surface area contributed by atoms with E-state index in [4.69, 9.17) is 9.47 Å². The maximum Gasteiger partial charge on any atom is 0.112 e. The van der Waals surface area contributed by atoms with Crippen LogP contribution in [0.15, 0.2) is 11.8 Å². The predicted octanol–water partition coefficient (Wildman–Crippen LogP) is 2.08. The molecule has 2 atom stereocenters. The van der Waals surface area contributed by atoms with Gasteiger partial charge in [0.05, 0.1) is 18.2 Å². The van der Waals surface area contributed by atoms with Gasteiger partial charge in [0, 0.05) is 13.0 Å². The molecule has 15 heavy (non-hydrogen) atoms. The zero-order valence-corrected chi connectivity index (χ0v) is 10.3. The zero-order chi connectivity index (χ0) is 11.3. The summed E-state index contributed by atoms with van der Waals surface area (Å²) in [5.74, 6) is 1.04. The highest BCUT2D eigenvalue weighted by Gasteiger charge is 2.36. The molecule has 0 amide bonds. The van der Waals surface area contributed by atoms with Crippen molar-refractivity contribution < 1.29 is 9.47 Å². The fraction of sp³-hybridized carbons (Fsp3) is 0.833. The van der Waals surface area contributed by atoms with Crippen molar-refractivity contribution in [2.45, 2.75) is 45.3 Å². The summed E-state index contributed by atoms with van der Waals surface area (Å²) >= 11 is 0. The van der Waals surface area contributed by atoms with E-state index in [1.807, 2.05) is 14.0 Å². The highest BCUT2D eigenvalue weighted by molar-refractivity contribution is 5.13. The van der Waals surface area contributed by atoms with Crippen LogP contribution in [0.2, 0.25) is 0 Å². The van der Waals surface area contributed by atoms with Crippen molar-refractivity contribution in [3.05, 3.63) is 11.8 Å². The average Bonchev–Trinajstić information content (AvgIpc) is 2.72. The molecule has 0 aromatic rings. The third-order valence-electron chi connectivity index (χ3n) is 3.09. The molecule has 1 rings (SSSR count). The van der Waals surface area contributed by atoms with Crippen molar-refractivity contribution in [3.63, 3.8) is 0 Å². The molecule has 1 N–H and O–H groups in total. The Morgan fingerprint density at radius 3 is 2.73 bits per heavy atom. The van der Waals surface area contributed by atoms with E-state index in [1.165, 1.54) is 0 Å². The third-order valence-corrected chi connectivity index (χ3v) is 3.09. The molecule has 0 spiro atoms. The van der Waals surface area contributed by atoms with Gasteiger partial charge in [0.2, 0.25) is 0 Å². The second kappa shape index (κ2) is 5.52.